The maximum absolute atomic E-state index is 13.2. The highest BCUT2D eigenvalue weighted by Crippen LogP contribution is 2.40. The number of fused-ring (bicyclic) bond motifs is 1. The molecule has 0 aliphatic carbocycles. The molecule has 0 saturated carbocycles. The average Bonchev–Trinajstić information content (AvgIpc) is 3.52. The Bertz CT molecular complexity index is 1440. The zero-order valence-electron chi connectivity index (χ0n) is 20.6. The number of amides is 3. The van der Waals surface area contributed by atoms with E-state index in [1.165, 1.54) is 22.0 Å². The number of nitrogens with two attached hydrogens (primary N) is 2. The summed E-state index contributed by atoms with van der Waals surface area (Å²) in [7, 11) is 0. The summed E-state index contributed by atoms with van der Waals surface area (Å²) >= 11 is 2.42. The molecule has 5 rings (SSSR count). The van der Waals surface area contributed by atoms with Gasteiger partial charge in [0.05, 0.1) is 5.69 Å². The summed E-state index contributed by atoms with van der Waals surface area (Å²) in [6.45, 7) is 2.49. The van der Waals surface area contributed by atoms with E-state index < -0.39 is 35.3 Å². The predicted molar refractivity (Wildman–Crippen MR) is 141 cm³/mol. The van der Waals surface area contributed by atoms with Crippen molar-refractivity contribution in [2.45, 2.75) is 37.4 Å². The van der Waals surface area contributed by atoms with Crippen molar-refractivity contribution in [3.63, 3.8) is 0 Å². The smallest absolute Gasteiger partial charge is 0.352 e. The van der Waals surface area contributed by atoms with Crippen molar-refractivity contribution in [2.24, 2.45) is 5.16 Å². The van der Waals surface area contributed by atoms with Crippen molar-refractivity contribution < 1.29 is 33.7 Å². The van der Waals surface area contributed by atoms with Gasteiger partial charge >= 0.3 is 5.97 Å². The molecule has 39 heavy (non-hydrogen) atoms. The third kappa shape index (κ3) is 4.99. The molecule has 204 valence electrons. The van der Waals surface area contributed by atoms with Crippen LogP contribution in [0, 0.1) is 6.92 Å². The number of aliphatic carboxylic acids is 1. The van der Waals surface area contributed by atoms with E-state index >= 15 is 0 Å². The van der Waals surface area contributed by atoms with Gasteiger partial charge in [-0.3, -0.25) is 19.3 Å². The number of hydrogen-bond donors (Lipinski definition) is 5. The minimum atomic E-state index is -1.24. The molecule has 2 fully saturated rings. The van der Waals surface area contributed by atoms with E-state index in [4.69, 9.17) is 16.3 Å². The summed E-state index contributed by atoms with van der Waals surface area (Å²) in [5.74, 6) is -2.60. The lowest BCUT2D eigenvalue weighted by atomic mass is 10.0. The zero-order valence-corrected chi connectivity index (χ0v) is 22.3. The highest BCUT2D eigenvalue weighted by atomic mass is 32.2. The van der Waals surface area contributed by atoms with Gasteiger partial charge in [-0.05, 0) is 6.07 Å². The molecule has 2 aromatic rings. The Morgan fingerprint density at radius 2 is 2.18 bits per heavy atom. The number of anilines is 2. The Morgan fingerprint density at radius 3 is 2.85 bits per heavy atom. The molecule has 7 N–H and O–H groups in total. The van der Waals surface area contributed by atoms with Crippen LogP contribution >= 0.6 is 23.1 Å². The Kier molecular flexibility index (Phi) is 7.14. The number of pyridine rings is 1. The van der Waals surface area contributed by atoms with E-state index in [0.717, 1.165) is 17.0 Å². The van der Waals surface area contributed by atoms with E-state index in [1.807, 2.05) is 11.5 Å². The first kappa shape index (κ1) is 26.4. The molecule has 0 spiro atoms. The topological polar surface area (TPSA) is 206 Å². The van der Waals surface area contributed by atoms with Crippen molar-refractivity contribution in [2.75, 3.05) is 23.8 Å². The van der Waals surface area contributed by atoms with Crippen molar-refractivity contribution in [1.29, 1.82) is 0 Å². The van der Waals surface area contributed by atoms with Gasteiger partial charge in [0.25, 0.3) is 17.7 Å². The van der Waals surface area contributed by atoms with Crippen LogP contribution in [0.4, 0.5) is 10.8 Å². The Morgan fingerprint density at radius 1 is 1.38 bits per heavy atom. The second kappa shape index (κ2) is 10.5. The Balaban J connectivity index is 1.35. The largest absolute Gasteiger partial charge is 0.477 e. The summed E-state index contributed by atoms with van der Waals surface area (Å²) < 4.78 is 1.82. The number of hydrogen-bond acceptors (Lipinski definition) is 11. The number of nitrogen functional groups attached to an aromatic ring is 2. The predicted octanol–water partition coefficient (Wildman–Crippen LogP) is -1.05. The molecular weight excluding hydrogens is 548 g/mol. The third-order valence-electron chi connectivity index (χ3n) is 6.54. The SMILES string of the molecule is Cc1c(N)ccc[n+]1CC1=C(C(=O)O)N2C(=O)[C@@H](NC(=O)C(=NOC3CCNC3=O)c3csc(N)n3)[C@@H]2SC1. The number of β-lactam (4-membered cyclic amide) rings is 1. The lowest BCUT2D eigenvalue weighted by Crippen LogP contribution is -2.71. The number of carbonyl (C=O) groups excluding carboxylic acids is 3. The molecule has 2 saturated heterocycles. The third-order valence-corrected chi connectivity index (χ3v) is 8.55. The Labute approximate surface area is 230 Å². The molecule has 3 aliphatic rings. The van der Waals surface area contributed by atoms with Crippen molar-refractivity contribution >= 4 is 63.3 Å². The number of oxime groups is 1. The lowest BCUT2D eigenvalue weighted by molar-refractivity contribution is -0.694. The highest BCUT2D eigenvalue weighted by molar-refractivity contribution is 8.00. The summed E-state index contributed by atoms with van der Waals surface area (Å²) in [6.07, 6.45) is 1.31. The standard InChI is InChI=1S/C23H24N8O6S2/c1-10-12(24)3-2-6-30(10)7-11-8-38-21-16(20(34)31(21)17(11)22(35)36)28-19(33)15(13-9-39-23(25)27-13)29-37-14-4-5-26-18(14)32/h2-3,6,9,14,16,21H,4-5,7-8,24H2,1H3,(H4-,25,26,27,28,32,33,35,36)/p+1/t14?,16-,21+/m1/s1. The highest BCUT2D eigenvalue weighted by Gasteiger charge is 2.55. The van der Waals surface area contributed by atoms with Gasteiger partial charge in [0.1, 0.15) is 22.8 Å². The van der Waals surface area contributed by atoms with E-state index in [1.54, 1.807) is 18.3 Å². The van der Waals surface area contributed by atoms with Gasteiger partial charge < -0.3 is 32.0 Å². The molecule has 5 heterocycles. The molecule has 16 heteroatoms. The number of carbonyl (C=O) groups is 4. The number of thioether (sulfide) groups is 1. The van der Waals surface area contributed by atoms with Gasteiger partial charge in [-0.2, -0.15) is 4.57 Å². The van der Waals surface area contributed by atoms with Crippen LogP contribution in [0.15, 0.2) is 40.1 Å². The van der Waals surface area contributed by atoms with E-state index in [-0.39, 0.29) is 34.7 Å². The molecule has 2 aromatic heterocycles. The summed E-state index contributed by atoms with van der Waals surface area (Å²) in [4.78, 5) is 61.0. The van der Waals surface area contributed by atoms with Crippen LogP contribution in [-0.2, 0) is 30.6 Å². The van der Waals surface area contributed by atoms with Crippen LogP contribution in [-0.4, -0.2) is 74.2 Å². The fourth-order valence-electron chi connectivity index (χ4n) is 4.43. The Hall–Kier alpha value is -4.18. The van der Waals surface area contributed by atoms with E-state index in [9.17, 15) is 24.3 Å². The number of carboxylic acid groups (broad SMARTS) is 1. The average molecular weight is 574 g/mol. The zero-order chi connectivity index (χ0) is 27.8. The number of nitrogens with zero attached hydrogens (tertiary/aromatic N) is 4. The number of rotatable bonds is 8. The van der Waals surface area contributed by atoms with Crippen LogP contribution < -0.4 is 26.7 Å². The fourth-order valence-corrected chi connectivity index (χ4v) is 6.31. The number of nitrogens with one attached hydrogen (secondary N) is 2. The minimum absolute atomic E-state index is 0.111. The van der Waals surface area contributed by atoms with Gasteiger partial charge in [-0.1, -0.05) is 5.16 Å². The van der Waals surface area contributed by atoms with Crippen LogP contribution in [0.1, 0.15) is 17.8 Å². The molecule has 3 amide bonds. The fraction of sp³-hybridized carbons (Fsp3) is 0.348. The molecule has 3 aliphatic heterocycles. The quantitative estimate of drug-likeness (QED) is 0.112. The van der Waals surface area contributed by atoms with Crippen LogP contribution in [0.3, 0.4) is 0 Å². The maximum atomic E-state index is 13.2. The van der Waals surface area contributed by atoms with Crippen molar-refractivity contribution in [3.8, 4) is 0 Å². The van der Waals surface area contributed by atoms with Gasteiger partial charge in [0.15, 0.2) is 23.6 Å². The summed E-state index contributed by atoms with van der Waals surface area (Å²) in [6, 6.07) is 2.51. The first-order valence-corrected chi connectivity index (χ1v) is 13.8. The van der Waals surface area contributed by atoms with Gasteiger partial charge in [-0.15, -0.1) is 23.1 Å². The van der Waals surface area contributed by atoms with Gasteiger partial charge in [0, 0.05) is 42.7 Å². The van der Waals surface area contributed by atoms with Gasteiger partial charge in [0.2, 0.25) is 11.8 Å². The maximum Gasteiger partial charge on any atom is 0.352 e. The molecule has 14 nitrogen and oxygen atoms in total. The molecule has 0 aromatic carbocycles. The molecule has 3 atom stereocenters. The number of aromatic nitrogens is 2. The van der Waals surface area contributed by atoms with E-state index in [0.29, 0.717) is 30.0 Å². The molecule has 0 bridgehead atoms. The first-order valence-electron chi connectivity index (χ1n) is 11.8. The normalized spacial score (nSPS) is 22.7. The summed E-state index contributed by atoms with van der Waals surface area (Å²) in [5.41, 5.74) is 13.3. The van der Waals surface area contributed by atoms with E-state index in [2.05, 4.69) is 20.8 Å². The molecule has 0 radical (unpaired) electrons. The second-order valence-corrected chi connectivity index (χ2v) is 11.0. The van der Waals surface area contributed by atoms with Gasteiger partial charge in [-0.25, -0.2) is 9.78 Å². The number of carboxylic acids is 1. The molecule has 1 unspecified atom stereocenters. The summed E-state index contributed by atoms with van der Waals surface area (Å²) in [5, 5.41) is 20.2. The van der Waals surface area contributed by atoms with Crippen LogP contribution in [0.5, 0.6) is 0 Å². The monoisotopic (exact) mass is 573 g/mol. The number of thiazole rings is 1. The van der Waals surface area contributed by atoms with Crippen LogP contribution in [0.25, 0.3) is 0 Å². The second-order valence-electron chi connectivity index (χ2n) is 8.98. The molecular formula is C23H25N8O6S2+. The van der Waals surface area contributed by atoms with Crippen LogP contribution in [0.2, 0.25) is 0 Å². The van der Waals surface area contributed by atoms with Crippen molar-refractivity contribution in [1.82, 2.24) is 20.5 Å². The minimum Gasteiger partial charge on any atom is -0.477 e. The lowest BCUT2D eigenvalue weighted by Gasteiger charge is -2.49. The van der Waals surface area contributed by atoms with Crippen molar-refractivity contribution in [3.05, 3.63) is 46.4 Å². The first-order chi connectivity index (χ1) is 18.7.